The highest BCUT2D eigenvalue weighted by molar-refractivity contribution is 6.74. The number of hydrogen-bond donors (Lipinski definition) is 0. The number of ether oxygens (including phenoxy) is 4. The maximum Gasteiger partial charge on any atom is 0.192 e. The Kier molecular flexibility index (Phi) is 7.91. The fourth-order valence-electron chi connectivity index (χ4n) is 4.75. The molecule has 0 aliphatic heterocycles. The summed E-state index contributed by atoms with van der Waals surface area (Å²) in [6.45, 7) is 13.1. The van der Waals surface area contributed by atoms with Gasteiger partial charge in [-0.25, -0.2) is 0 Å². The van der Waals surface area contributed by atoms with Gasteiger partial charge < -0.3 is 23.4 Å². The molecular weight excluding hydrogens is 408 g/mol. The minimum absolute atomic E-state index is 0.0869. The van der Waals surface area contributed by atoms with Gasteiger partial charge in [0.15, 0.2) is 8.32 Å². The molecule has 1 spiro atoms. The molecule has 3 rings (SSSR count). The van der Waals surface area contributed by atoms with Crippen LogP contribution in [0, 0.1) is 11.3 Å². The van der Waals surface area contributed by atoms with Gasteiger partial charge in [-0.15, -0.1) is 0 Å². The summed E-state index contributed by atoms with van der Waals surface area (Å²) < 4.78 is 29.5. The van der Waals surface area contributed by atoms with Crippen LogP contribution in [0.5, 0.6) is 0 Å². The molecule has 1 fully saturated rings. The van der Waals surface area contributed by atoms with E-state index in [0.29, 0.717) is 25.9 Å². The first kappa shape index (κ1) is 24.7. The predicted molar refractivity (Wildman–Crippen MR) is 126 cm³/mol. The van der Waals surface area contributed by atoms with Crippen molar-refractivity contribution in [3.8, 4) is 0 Å². The van der Waals surface area contributed by atoms with Gasteiger partial charge in [0, 0.05) is 18.4 Å². The van der Waals surface area contributed by atoms with Crippen molar-refractivity contribution >= 4 is 8.32 Å². The number of allylic oxidation sites excluding steroid dienone is 1. The number of hydrogen-bond acceptors (Lipinski definition) is 5. The average Bonchev–Trinajstić information content (AvgIpc) is 2.79. The Balaban J connectivity index is 1.87. The van der Waals surface area contributed by atoms with Gasteiger partial charge in [-0.1, -0.05) is 38.5 Å². The van der Waals surface area contributed by atoms with Crippen molar-refractivity contribution in [3.05, 3.63) is 35.6 Å². The molecule has 176 valence electrons. The first-order valence-corrected chi connectivity index (χ1v) is 14.6. The second kappa shape index (κ2) is 9.92. The molecule has 1 saturated carbocycles. The Labute approximate surface area is 189 Å². The first-order valence-electron chi connectivity index (χ1n) is 11.7. The third-order valence-electron chi connectivity index (χ3n) is 7.64. The molecular formula is C25H42O5Si. The molecule has 0 heterocycles. The molecule has 3 unspecified atom stereocenters. The second-order valence-corrected chi connectivity index (χ2v) is 15.4. The van der Waals surface area contributed by atoms with Crippen LogP contribution in [0.3, 0.4) is 0 Å². The Morgan fingerprint density at radius 1 is 1.13 bits per heavy atom. The van der Waals surface area contributed by atoms with E-state index in [0.717, 1.165) is 31.4 Å². The summed E-state index contributed by atoms with van der Waals surface area (Å²) in [6.07, 6.45) is 13.5. The van der Waals surface area contributed by atoms with Gasteiger partial charge in [0.05, 0.1) is 32.5 Å². The van der Waals surface area contributed by atoms with E-state index in [4.69, 9.17) is 23.4 Å². The highest BCUT2D eigenvalue weighted by Gasteiger charge is 2.53. The van der Waals surface area contributed by atoms with Crippen LogP contribution in [0.2, 0.25) is 18.1 Å². The molecule has 5 nitrogen and oxygen atoms in total. The summed E-state index contributed by atoms with van der Waals surface area (Å²) in [6, 6.07) is 0. The van der Waals surface area contributed by atoms with Crippen LogP contribution in [-0.4, -0.2) is 54.8 Å². The molecule has 4 atom stereocenters. The van der Waals surface area contributed by atoms with Crippen molar-refractivity contribution in [1.29, 1.82) is 0 Å². The van der Waals surface area contributed by atoms with Gasteiger partial charge in [0.1, 0.15) is 12.6 Å². The molecule has 2 bridgehead atoms. The fraction of sp³-hybridized carbons (Fsp3) is 0.760. The fourth-order valence-corrected chi connectivity index (χ4v) is 6.12. The number of methoxy groups -OCH3 is 2. The van der Waals surface area contributed by atoms with E-state index in [1.807, 2.05) is 0 Å². The van der Waals surface area contributed by atoms with Gasteiger partial charge in [-0.2, -0.15) is 0 Å². The molecule has 0 aromatic rings. The lowest BCUT2D eigenvalue weighted by atomic mass is 9.60. The lowest BCUT2D eigenvalue weighted by Gasteiger charge is -2.53. The molecule has 6 heteroatoms. The van der Waals surface area contributed by atoms with Crippen molar-refractivity contribution in [3.63, 3.8) is 0 Å². The quantitative estimate of drug-likeness (QED) is 0.198. The van der Waals surface area contributed by atoms with Crippen molar-refractivity contribution in [2.24, 2.45) is 11.3 Å². The summed E-state index contributed by atoms with van der Waals surface area (Å²) in [4.78, 5) is 0. The minimum atomic E-state index is -1.94. The van der Waals surface area contributed by atoms with Crippen LogP contribution in [0.1, 0.15) is 46.5 Å². The normalized spacial score (nSPS) is 30.9. The Morgan fingerprint density at radius 2 is 1.90 bits per heavy atom. The maximum atomic E-state index is 7.17. The molecule has 31 heavy (non-hydrogen) atoms. The van der Waals surface area contributed by atoms with Crippen LogP contribution < -0.4 is 0 Å². The molecule has 0 aromatic carbocycles. The minimum Gasteiger partial charge on any atom is -0.497 e. The zero-order valence-corrected chi connectivity index (χ0v) is 21.5. The standard InChI is InChI=1S/C25H42O5Si/c1-24(2,3)31(6,7)30-23-19-8-10-20-16-21(29-18-28-15-14-26-4)12-13-25(20,23)17-22(27-5)11-9-19/h9,11,16-17,19,21,23H,8,10,12-15,18H2,1-7H3/t19?,21-,23?,25?/m0/s1. The molecule has 0 radical (unpaired) electrons. The lowest BCUT2D eigenvalue weighted by Crippen LogP contribution is -2.54. The topological polar surface area (TPSA) is 46.2 Å². The Morgan fingerprint density at radius 3 is 2.58 bits per heavy atom. The Bertz CT molecular complexity index is 705. The molecule has 0 N–H and O–H groups in total. The number of fused-ring (bicyclic) bond motifs is 1. The van der Waals surface area contributed by atoms with Crippen molar-refractivity contribution in [2.45, 2.75) is 76.8 Å². The SMILES string of the molecule is COCCOCO[C@@H]1C=C2CCC3C=CC(OC)=CC2(CC1)C3O[Si](C)(C)C(C)(C)C. The largest absolute Gasteiger partial charge is 0.497 e. The van der Waals surface area contributed by atoms with Crippen molar-refractivity contribution < 1.29 is 23.4 Å². The van der Waals surface area contributed by atoms with Crippen LogP contribution in [0.15, 0.2) is 35.6 Å². The van der Waals surface area contributed by atoms with E-state index in [2.05, 4.69) is 58.2 Å². The molecule has 0 aromatic heterocycles. The summed E-state index contributed by atoms with van der Waals surface area (Å²) in [5.74, 6) is 1.35. The summed E-state index contributed by atoms with van der Waals surface area (Å²) >= 11 is 0. The maximum absolute atomic E-state index is 7.17. The van der Waals surface area contributed by atoms with E-state index in [1.54, 1.807) is 14.2 Å². The average molecular weight is 451 g/mol. The van der Waals surface area contributed by atoms with Gasteiger partial charge >= 0.3 is 0 Å². The van der Waals surface area contributed by atoms with Crippen LogP contribution in [0.4, 0.5) is 0 Å². The monoisotopic (exact) mass is 450 g/mol. The van der Waals surface area contributed by atoms with E-state index in [9.17, 15) is 0 Å². The van der Waals surface area contributed by atoms with Crippen LogP contribution in [-0.2, 0) is 23.4 Å². The molecule has 3 aliphatic rings. The van der Waals surface area contributed by atoms with Crippen LogP contribution >= 0.6 is 0 Å². The van der Waals surface area contributed by atoms with Gasteiger partial charge in [0.25, 0.3) is 0 Å². The summed E-state index contributed by atoms with van der Waals surface area (Å²) in [7, 11) is 1.50. The summed E-state index contributed by atoms with van der Waals surface area (Å²) in [5, 5.41) is 0.172. The second-order valence-electron chi connectivity index (χ2n) is 10.6. The zero-order valence-electron chi connectivity index (χ0n) is 20.5. The molecule has 0 amide bonds. The van der Waals surface area contributed by atoms with Crippen LogP contribution in [0.25, 0.3) is 0 Å². The third-order valence-corrected chi connectivity index (χ3v) is 12.1. The third kappa shape index (κ3) is 5.36. The Hall–Kier alpha value is -0.923. The van der Waals surface area contributed by atoms with Gasteiger partial charge in [-0.3, -0.25) is 0 Å². The zero-order chi connectivity index (χ0) is 22.7. The van der Waals surface area contributed by atoms with E-state index < -0.39 is 8.32 Å². The first-order chi connectivity index (χ1) is 14.6. The van der Waals surface area contributed by atoms with Gasteiger partial charge in [0.2, 0.25) is 0 Å². The highest BCUT2D eigenvalue weighted by atomic mass is 28.4. The van der Waals surface area contributed by atoms with E-state index in [-0.39, 0.29) is 22.7 Å². The predicted octanol–water partition coefficient (Wildman–Crippen LogP) is 5.60. The lowest BCUT2D eigenvalue weighted by molar-refractivity contribution is -0.0936. The van der Waals surface area contributed by atoms with Gasteiger partial charge in [-0.05, 0) is 56.0 Å². The summed E-state index contributed by atoms with van der Waals surface area (Å²) in [5.41, 5.74) is 1.32. The molecule has 0 saturated heterocycles. The van der Waals surface area contributed by atoms with Crippen molar-refractivity contribution in [1.82, 2.24) is 0 Å². The van der Waals surface area contributed by atoms with E-state index >= 15 is 0 Å². The highest BCUT2D eigenvalue weighted by Crippen LogP contribution is 2.56. The number of rotatable bonds is 9. The molecule has 3 aliphatic carbocycles. The van der Waals surface area contributed by atoms with E-state index in [1.165, 1.54) is 5.57 Å². The smallest absolute Gasteiger partial charge is 0.192 e. The van der Waals surface area contributed by atoms with Crippen molar-refractivity contribution in [2.75, 3.05) is 34.2 Å².